The fourth-order valence-electron chi connectivity index (χ4n) is 3.29. The van der Waals surface area contributed by atoms with Crippen LogP contribution in [0.3, 0.4) is 0 Å². The number of ether oxygens (including phenoxy) is 1. The maximum Gasteiger partial charge on any atom is 0.373 e. The quantitative estimate of drug-likeness (QED) is 0.252. The zero-order chi connectivity index (χ0) is 21.2. The summed E-state index contributed by atoms with van der Waals surface area (Å²) >= 11 is 0. The Morgan fingerprint density at radius 2 is 1.86 bits per heavy atom. The van der Waals surface area contributed by atoms with Crippen molar-refractivity contribution in [3.05, 3.63) is 35.4 Å². The van der Waals surface area contributed by atoms with E-state index >= 15 is 0 Å². The van der Waals surface area contributed by atoms with Gasteiger partial charge in [-0.15, -0.1) is 0 Å². The van der Waals surface area contributed by atoms with E-state index in [4.69, 9.17) is 9.16 Å². The summed E-state index contributed by atoms with van der Waals surface area (Å²) in [6.45, 7) is 10.6. The average Bonchev–Trinajstić information content (AvgIpc) is 2.63. The van der Waals surface area contributed by atoms with Gasteiger partial charge in [0.25, 0.3) is 5.78 Å². The van der Waals surface area contributed by atoms with E-state index in [1.54, 1.807) is 31.4 Å². The van der Waals surface area contributed by atoms with Crippen molar-refractivity contribution in [3.8, 4) is 5.75 Å². The fourth-order valence-corrected chi connectivity index (χ4v) is 4.67. The lowest BCUT2D eigenvalue weighted by molar-refractivity contribution is -0.0890. The number of Topliss-reactive ketones (excluding diaryl/α,β-unsaturated/α-hetero) is 1. The molecule has 154 valence electrons. The van der Waals surface area contributed by atoms with Gasteiger partial charge in [0.1, 0.15) is 5.75 Å². The Kier molecular flexibility index (Phi) is 6.66. The van der Waals surface area contributed by atoms with Gasteiger partial charge in [-0.25, -0.2) is 0 Å². The summed E-state index contributed by atoms with van der Waals surface area (Å²) in [5.41, 5.74) is 8.16. The van der Waals surface area contributed by atoms with E-state index in [2.05, 4.69) is 38.7 Å². The predicted molar refractivity (Wildman–Crippen MR) is 111 cm³/mol. The smallest absolute Gasteiger partial charge is 0.373 e. The average molecular weight is 405 g/mol. The summed E-state index contributed by atoms with van der Waals surface area (Å²) < 4.78 is 11.6. The summed E-state index contributed by atoms with van der Waals surface area (Å²) in [6.07, 6.45) is 2.01. The minimum Gasteiger partial charge on any atom is -0.497 e. The molecule has 1 aliphatic carbocycles. The van der Waals surface area contributed by atoms with Gasteiger partial charge in [0.05, 0.1) is 13.2 Å². The number of carbonyl (C=O) groups is 1. The molecule has 0 aliphatic heterocycles. The molecule has 0 amide bonds. The van der Waals surface area contributed by atoms with Gasteiger partial charge in [-0.3, -0.25) is 4.79 Å². The van der Waals surface area contributed by atoms with Gasteiger partial charge in [-0.05, 0) is 61.7 Å². The molecule has 1 aromatic rings. The zero-order valence-corrected chi connectivity index (χ0v) is 18.8. The molecule has 28 heavy (non-hydrogen) atoms. The molecule has 0 spiro atoms. The van der Waals surface area contributed by atoms with Crippen molar-refractivity contribution >= 4 is 19.8 Å². The lowest BCUT2D eigenvalue weighted by atomic mass is 9.77. The first kappa shape index (κ1) is 22.5. The van der Waals surface area contributed by atoms with Crippen molar-refractivity contribution < 1.29 is 23.9 Å². The van der Waals surface area contributed by atoms with E-state index in [-0.39, 0.29) is 10.7 Å². The van der Waals surface area contributed by atoms with Crippen LogP contribution in [0.4, 0.5) is 0 Å². The van der Waals surface area contributed by atoms with Crippen LogP contribution in [0.2, 0.25) is 18.1 Å². The first-order valence-electron chi connectivity index (χ1n) is 9.78. The third kappa shape index (κ3) is 4.44. The fraction of sp³-hybridized carbons (Fsp3) is 0.619. The molecule has 0 unspecified atom stereocenters. The van der Waals surface area contributed by atoms with Crippen LogP contribution in [0, 0.1) is 0 Å². The molecule has 0 saturated heterocycles. The van der Waals surface area contributed by atoms with Crippen molar-refractivity contribution in [1.82, 2.24) is 0 Å². The van der Waals surface area contributed by atoms with Gasteiger partial charge in [-0.2, -0.15) is 4.79 Å². The number of nitrogens with zero attached hydrogens (tertiary/aromatic N) is 2. The van der Waals surface area contributed by atoms with Crippen molar-refractivity contribution in [3.63, 3.8) is 0 Å². The highest BCUT2D eigenvalue weighted by Crippen LogP contribution is 2.42. The molecule has 1 fully saturated rings. The van der Waals surface area contributed by atoms with E-state index < -0.39 is 25.8 Å². The van der Waals surface area contributed by atoms with E-state index in [0.717, 1.165) is 12.8 Å². The Bertz CT molecular complexity index is 764. The molecule has 0 radical (unpaired) electrons. The Labute approximate surface area is 168 Å². The van der Waals surface area contributed by atoms with Crippen molar-refractivity contribution in [2.45, 2.75) is 76.3 Å². The summed E-state index contributed by atoms with van der Waals surface area (Å²) in [4.78, 5) is 16.3. The van der Waals surface area contributed by atoms with E-state index in [1.807, 2.05) is 0 Å². The van der Waals surface area contributed by atoms with Gasteiger partial charge >= 0.3 is 5.71 Å². The number of benzene rings is 1. The molecule has 0 bridgehead atoms. The molecule has 6 nitrogen and oxygen atoms in total. The molecule has 1 aromatic carbocycles. The van der Waals surface area contributed by atoms with Crippen molar-refractivity contribution in [2.24, 2.45) is 0 Å². The Morgan fingerprint density at radius 3 is 2.36 bits per heavy atom. The molecule has 1 saturated carbocycles. The third-order valence-corrected chi connectivity index (χ3v) is 10.6. The topological polar surface area (TPSA) is 92.2 Å². The monoisotopic (exact) mass is 404 g/mol. The summed E-state index contributed by atoms with van der Waals surface area (Å²) in [6, 6.07) is 6.53. The number of carbonyl (C=O) groups excluding carboxylic acids is 1. The summed E-state index contributed by atoms with van der Waals surface area (Å²) in [7, 11) is -0.644. The van der Waals surface area contributed by atoms with Crippen LogP contribution in [0.5, 0.6) is 5.75 Å². The largest absolute Gasteiger partial charge is 0.497 e. The molecule has 2 rings (SSSR count). The number of methoxy groups -OCH3 is 1. The second-order valence-electron chi connectivity index (χ2n) is 9.04. The standard InChI is InChI=1S/C21H32N2O4Si/c1-20(2,3)28(5,6)27-17-9-7-8-14-21(17,25)19(23-22)18(24)15-10-12-16(26-4)13-11-15/h10-13,17,25H,7-9,14H2,1-6H3/t17-,21+/m0/s1. The highest BCUT2D eigenvalue weighted by Gasteiger charge is 2.55. The van der Waals surface area contributed by atoms with Gasteiger partial charge in [-0.1, -0.05) is 27.2 Å². The van der Waals surface area contributed by atoms with Crippen LogP contribution in [0.25, 0.3) is 5.53 Å². The van der Waals surface area contributed by atoms with E-state index in [1.165, 1.54) is 0 Å². The Balaban J connectivity index is 2.37. The van der Waals surface area contributed by atoms with Crippen LogP contribution in [0.1, 0.15) is 56.8 Å². The van der Waals surface area contributed by atoms with E-state index in [0.29, 0.717) is 24.2 Å². The minimum absolute atomic E-state index is 0.0398. The Hall–Kier alpha value is -1.79. The lowest BCUT2D eigenvalue weighted by Crippen LogP contribution is -2.59. The molecular formula is C21H32N2O4Si. The minimum atomic E-state index is -2.19. The number of aliphatic hydroxyl groups is 1. The number of ketones is 1. The van der Waals surface area contributed by atoms with Gasteiger partial charge in [0.15, 0.2) is 13.9 Å². The van der Waals surface area contributed by atoms with Crippen LogP contribution in [-0.2, 0) is 4.43 Å². The van der Waals surface area contributed by atoms with Crippen LogP contribution >= 0.6 is 0 Å². The van der Waals surface area contributed by atoms with Crippen LogP contribution in [0.15, 0.2) is 24.3 Å². The second-order valence-corrected chi connectivity index (χ2v) is 13.8. The van der Waals surface area contributed by atoms with Gasteiger partial charge < -0.3 is 19.8 Å². The molecule has 7 heteroatoms. The maximum absolute atomic E-state index is 13.1. The number of hydrogen-bond donors (Lipinski definition) is 1. The van der Waals surface area contributed by atoms with Crippen LogP contribution < -0.4 is 4.74 Å². The molecule has 0 heterocycles. The molecule has 1 aliphatic rings. The van der Waals surface area contributed by atoms with Crippen LogP contribution in [-0.4, -0.2) is 48.5 Å². The van der Waals surface area contributed by atoms with Gasteiger partial charge in [0, 0.05) is 5.56 Å². The number of hydrogen-bond acceptors (Lipinski definition) is 4. The molecule has 2 atom stereocenters. The Morgan fingerprint density at radius 1 is 1.25 bits per heavy atom. The summed E-state index contributed by atoms with van der Waals surface area (Å²) in [5, 5.41) is 11.5. The highest BCUT2D eigenvalue weighted by atomic mass is 28.4. The highest BCUT2D eigenvalue weighted by molar-refractivity contribution is 6.74. The molecule has 0 aromatic heterocycles. The van der Waals surface area contributed by atoms with Crippen molar-refractivity contribution in [1.29, 1.82) is 0 Å². The SMILES string of the molecule is COc1ccc(C(=O)C(=[N+]=[N-])[C@@]2(O)CCCC[C@@H]2O[Si](C)(C)C(C)(C)C)cc1. The third-order valence-electron chi connectivity index (χ3n) is 6.13. The molecular weight excluding hydrogens is 372 g/mol. The molecule has 1 N–H and O–H groups in total. The zero-order valence-electron chi connectivity index (χ0n) is 17.8. The summed E-state index contributed by atoms with van der Waals surface area (Å²) in [5.74, 6) is 0.118. The van der Waals surface area contributed by atoms with Gasteiger partial charge in [0.2, 0.25) is 0 Å². The predicted octanol–water partition coefficient (Wildman–Crippen LogP) is 4.24. The number of rotatable bonds is 6. The lowest BCUT2D eigenvalue weighted by Gasteiger charge is -2.44. The first-order chi connectivity index (χ1) is 13.0. The van der Waals surface area contributed by atoms with E-state index in [9.17, 15) is 15.4 Å². The van der Waals surface area contributed by atoms with Crippen molar-refractivity contribution in [2.75, 3.05) is 7.11 Å². The normalized spacial score (nSPS) is 23.0. The maximum atomic E-state index is 13.1. The first-order valence-corrected chi connectivity index (χ1v) is 12.7. The second kappa shape index (κ2) is 8.29.